The van der Waals surface area contributed by atoms with Crippen molar-refractivity contribution in [2.45, 2.75) is 5.03 Å². The van der Waals surface area contributed by atoms with E-state index in [-0.39, 0.29) is 5.84 Å². The van der Waals surface area contributed by atoms with Crippen molar-refractivity contribution in [1.29, 1.82) is 0 Å². The smallest absolute Gasteiger partial charge is 0.171 e. The molecule has 0 radical (unpaired) electrons. The fourth-order valence-corrected chi connectivity index (χ4v) is 1.07. The third kappa shape index (κ3) is 1.88. The summed E-state index contributed by atoms with van der Waals surface area (Å²) in [5.41, 5.74) is 5.96. The second-order valence-electron chi connectivity index (χ2n) is 2.07. The van der Waals surface area contributed by atoms with Gasteiger partial charge in [0, 0.05) is 11.8 Å². The number of hydrogen-bond donors (Lipinski definition) is 2. The lowest BCUT2D eigenvalue weighted by Crippen LogP contribution is -2.13. The van der Waals surface area contributed by atoms with Crippen molar-refractivity contribution < 1.29 is 5.21 Å². The summed E-state index contributed by atoms with van der Waals surface area (Å²) in [4.78, 5) is 4.06. The van der Waals surface area contributed by atoms with Gasteiger partial charge < -0.3 is 10.9 Å². The molecule has 0 unspecified atom stereocenters. The third-order valence-electron chi connectivity index (χ3n) is 1.35. The molecule has 1 rings (SSSR count). The highest BCUT2D eigenvalue weighted by Gasteiger charge is 1.98. The van der Waals surface area contributed by atoms with Crippen LogP contribution < -0.4 is 5.73 Å². The van der Waals surface area contributed by atoms with Crippen LogP contribution in [0, 0.1) is 0 Å². The summed E-state index contributed by atoms with van der Waals surface area (Å²) in [7, 11) is 0. The molecule has 0 aliphatic rings. The quantitative estimate of drug-likeness (QED) is 0.235. The molecule has 3 N–H and O–H groups in total. The van der Waals surface area contributed by atoms with Gasteiger partial charge in [0.25, 0.3) is 0 Å². The first kappa shape index (κ1) is 8.86. The molecule has 4 nitrogen and oxygen atoms in total. The lowest BCUT2D eigenvalue weighted by Gasteiger charge is -1.98. The Morgan fingerprint density at radius 1 is 1.67 bits per heavy atom. The summed E-state index contributed by atoms with van der Waals surface area (Å²) in [6, 6.07) is 3.58. The van der Waals surface area contributed by atoms with Crippen LogP contribution in [0.15, 0.2) is 28.5 Å². The van der Waals surface area contributed by atoms with Crippen molar-refractivity contribution in [3.8, 4) is 0 Å². The lowest BCUT2D eigenvalue weighted by molar-refractivity contribution is 0.318. The summed E-state index contributed by atoms with van der Waals surface area (Å²) in [6.07, 6.45) is 3.51. The number of amidine groups is 1. The summed E-state index contributed by atoms with van der Waals surface area (Å²) < 4.78 is 0. The highest BCUT2D eigenvalue weighted by atomic mass is 32.2. The molecule has 0 spiro atoms. The molecule has 12 heavy (non-hydrogen) atoms. The highest BCUT2D eigenvalue weighted by molar-refractivity contribution is 7.98. The number of pyridine rings is 1. The molecule has 1 aromatic rings. The number of aromatic nitrogens is 1. The summed E-state index contributed by atoms with van der Waals surface area (Å²) >= 11 is 1.54. The second kappa shape index (κ2) is 3.96. The summed E-state index contributed by atoms with van der Waals surface area (Å²) in [5.74, 6) is 0.0788. The van der Waals surface area contributed by atoms with E-state index in [1.165, 1.54) is 0 Å². The zero-order valence-electron chi connectivity index (χ0n) is 6.56. The van der Waals surface area contributed by atoms with Crippen LogP contribution in [-0.4, -0.2) is 22.3 Å². The predicted molar refractivity (Wildman–Crippen MR) is 48.5 cm³/mol. The molecular formula is C7H9N3OS. The average Bonchev–Trinajstić information content (AvgIpc) is 2.17. The van der Waals surface area contributed by atoms with Gasteiger partial charge in [-0.3, -0.25) is 0 Å². The maximum atomic E-state index is 8.34. The standard InChI is InChI=1S/C7H9N3OS/c1-12-6-3-2-5(4-9-6)7(8)10-11/h2-4,11H,1H3,(H2,8,10). The van der Waals surface area contributed by atoms with Crippen LogP contribution in [0.1, 0.15) is 5.56 Å². The van der Waals surface area contributed by atoms with E-state index >= 15 is 0 Å². The SMILES string of the molecule is CSc1ccc(/C(N)=N/O)cn1. The maximum absolute atomic E-state index is 8.34. The molecular weight excluding hydrogens is 174 g/mol. The van der Waals surface area contributed by atoms with Gasteiger partial charge in [-0.2, -0.15) is 0 Å². The second-order valence-corrected chi connectivity index (χ2v) is 2.90. The Morgan fingerprint density at radius 2 is 2.42 bits per heavy atom. The van der Waals surface area contributed by atoms with Crippen LogP contribution in [0.5, 0.6) is 0 Å². The zero-order chi connectivity index (χ0) is 8.97. The molecule has 0 aliphatic heterocycles. The molecule has 0 aromatic carbocycles. The molecule has 0 aliphatic carbocycles. The first-order valence-electron chi connectivity index (χ1n) is 3.26. The van der Waals surface area contributed by atoms with Crippen LogP contribution in [0.4, 0.5) is 0 Å². The van der Waals surface area contributed by atoms with Crippen molar-refractivity contribution in [3.05, 3.63) is 23.9 Å². The normalized spacial score (nSPS) is 11.6. The van der Waals surface area contributed by atoms with Crippen molar-refractivity contribution in [1.82, 2.24) is 4.98 Å². The minimum Gasteiger partial charge on any atom is -0.409 e. The molecule has 5 heteroatoms. The van der Waals surface area contributed by atoms with E-state index in [4.69, 9.17) is 10.9 Å². The fraction of sp³-hybridized carbons (Fsp3) is 0.143. The van der Waals surface area contributed by atoms with E-state index in [1.54, 1.807) is 24.0 Å². The Kier molecular flexibility index (Phi) is 2.93. The Balaban J connectivity index is 2.92. The van der Waals surface area contributed by atoms with E-state index in [2.05, 4.69) is 10.1 Å². The van der Waals surface area contributed by atoms with Gasteiger partial charge in [-0.25, -0.2) is 4.98 Å². The van der Waals surface area contributed by atoms with E-state index in [0.29, 0.717) is 5.56 Å². The molecule has 1 heterocycles. The summed E-state index contributed by atoms with van der Waals surface area (Å²) in [6.45, 7) is 0. The number of rotatable bonds is 2. The number of oxime groups is 1. The van der Waals surface area contributed by atoms with Gasteiger partial charge in [-0.05, 0) is 18.4 Å². The lowest BCUT2D eigenvalue weighted by atomic mass is 10.3. The number of nitrogens with zero attached hydrogens (tertiary/aromatic N) is 2. The number of thioether (sulfide) groups is 1. The van der Waals surface area contributed by atoms with Gasteiger partial charge in [0.1, 0.15) is 0 Å². The Hall–Kier alpha value is -1.23. The van der Waals surface area contributed by atoms with E-state index in [9.17, 15) is 0 Å². The predicted octanol–water partition coefficient (Wildman–Crippen LogP) is 0.898. The van der Waals surface area contributed by atoms with Crippen molar-refractivity contribution >= 4 is 17.6 Å². The van der Waals surface area contributed by atoms with Gasteiger partial charge in [0.2, 0.25) is 0 Å². The topological polar surface area (TPSA) is 71.5 Å². The molecule has 1 aromatic heterocycles. The fourth-order valence-electron chi connectivity index (χ4n) is 0.710. The molecule has 0 saturated heterocycles. The van der Waals surface area contributed by atoms with E-state index in [0.717, 1.165) is 5.03 Å². The summed E-state index contributed by atoms with van der Waals surface area (Å²) in [5, 5.41) is 12.1. The Labute approximate surface area is 74.5 Å². The zero-order valence-corrected chi connectivity index (χ0v) is 7.38. The number of hydrogen-bond acceptors (Lipinski definition) is 4. The Bertz CT molecular complexity index is 283. The van der Waals surface area contributed by atoms with Crippen LogP contribution in [0.2, 0.25) is 0 Å². The molecule has 0 saturated carbocycles. The van der Waals surface area contributed by atoms with Crippen LogP contribution >= 0.6 is 11.8 Å². The Morgan fingerprint density at radius 3 is 2.83 bits per heavy atom. The first-order chi connectivity index (χ1) is 5.77. The van der Waals surface area contributed by atoms with Gasteiger partial charge >= 0.3 is 0 Å². The van der Waals surface area contributed by atoms with Gasteiger partial charge in [-0.1, -0.05) is 5.16 Å². The molecule has 0 atom stereocenters. The number of nitrogens with two attached hydrogens (primary N) is 1. The van der Waals surface area contributed by atoms with Gasteiger partial charge in [-0.15, -0.1) is 11.8 Å². The first-order valence-corrected chi connectivity index (χ1v) is 4.48. The van der Waals surface area contributed by atoms with Crippen LogP contribution in [-0.2, 0) is 0 Å². The van der Waals surface area contributed by atoms with E-state index < -0.39 is 0 Å². The molecule has 64 valence electrons. The van der Waals surface area contributed by atoms with Crippen molar-refractivity contribution in [2.24, 2.45) is 10.9 Å². The highest BCUT2D eigenvalue weighted by Crippen LogP contribution is 2.10. The van der Waals surface area contributed by atoms with Crippen LogP contribution in [0.25, 0.3) is 0 Å². The van der Waals surface area contributed by atoms with Crippen LogP contribution in [0.3, 0.4) is 0 Å². The molecule has 0 amide bonds. The minimum atomic E-state index is 0.0788. The van der Waals surface area contributed by atoms with Gasteiger partial charge in [0.05, 0.1) is 5.03 Å². The van der Waals surface area contributed by atoms with Crippen molar-refractivity contribution in [3.63, 3.8) is 0 Å². The average molecular weight is 183 g/mol. The third-order valence-corrected chi connectivity index (χ3v) is 2.01. The molecule has 0 bridgehead atoms. The minimum absolute atomic E-state index is 0.0788. The molecule has 0 fully saturated rings. The largest absolute Gasteiger partial charge is 0.409 e. The van der Waals surface area contributed by atoms with Gasteiger partial charge in [0.15, 0.2) is 5.84 Å². The van der Waals surface area contributed by atoms with Crippen molar-refractivity contribution in [2.75, 3.05) is 6.26 Å². The maximum Gasteiger partial charge on any atom is 0.171 e. The monoisotopic (exact) mass is 183 g/mol. The van der Waals surface area contributed by atoms with E-state index in [1.807, 2.05) is 12.3 Å².